The standard InChI is InChI=1S/C34H34F2N4O4/c35-24-12-22(13-25(36)15-24)30-18-37-29(11-20-7-9-44-10-8-20)32(42)40(30)19-31(41)38-26-6-5-21-16-34(17-23(21)14-26)27-3-1-2-4-28(27)39-33(34)43/h1-6,12-15,20,29-30,37H,7-11,16-19H2,(H,38,41)(H,39,43). The van der Waals surface area contributed by atoms with Gasteiger partial charge in [0.05, 0.1) is 17.5 Å². The van der Waals surface area contributed by atoms with Crippen molar-refractivity contribution in [3.63, 3.8) is 0 Å². The lowest BCUT2D eigenvalue weighted by Gasteiger charge is -2.41. The van der Waals surface area contributed by atoms with Crippen molar-refractivity contribution in [2.24, 2.45) is 5.92 Å². The Labute approximate surface area is 254 Å². The Balaban J connectivity index is 1.09. The van der Waals surface area contributed by atoms with Crippen LogP contribution in [0.1, 0.15) is 47.6 Å². The van der Waals surface area contributed by atoms with Gasteiger partial charge in [0, 0.05) is 37.2 Å². The molecular formula is C34H34F2N4O4. The minimum Gasteiger partial charge on any atom is -0.381 e. The highest BCUT2D eigenvalue weighted by molar-refractivity contribution is 6.07. The number of hydrogen-bond donors (Lipinski definition) is 3. The molecule has 8 nitrogen and oxygen atoms in total. The molecule has 3 aromatic rings. The third kappa shape index (κ3) is 5.26. The molecule has 0 saturated carbocycles. The van der Waals surface area contributed by atoms with Crippen LogP contribution in [0.25, 0.3) is 0 Å². The third-order valence-electron chi connectivity index (χ3n) is 9.61. The Bertz CT molecular complexity index is 1620. The highest BCUT2D eigenvalue weighted by Gasteiger charge is 2.50. The van der Waals surface area contributed by atoms with Crippen LogP contribution in [0.4, 0.5) is 20.2 Å². The minimum atomic E-state index is -0.740. The monoisotopic (exact) mass is 600 g/mol. The number of hydrogen-bond acceptors (Lipinski definition) is 5. The molecule has 2 fully saturated rings. The third-order valence-corrected chi connectivity index (χ3v) is 9.61. The van der Waals surface area contributed by atoms with E-state index in [1.807, 2.05) is 42.5 Å². The number of nitrogens with one attached hydrogen (secondary N) is 3. The number of amides is 3. The van der Waals surface area contributed by atoms with Crippen LogP contribution in [0, 0.1) is 17.6 Å². The van der Waals surface area contributed by atoms with Crippen LogP contribution in [0.5, 0.6) is 0 Å². The quantitative estimate of drug-likeness (QED) is 0.393. The topological polar surface area (TPSA) is 99.8 Å². The average Bonchev–Trinajstić information content (AvgIpc) is 3.51. The van der Waals surface area contributed by atoms with E-state index in [0.29, 0.717) is 49.6 Å². The smallest absolute Gasteiger partial charge is 0.244 e. The molecular weight excluding hydrogens is 566 g/mol. The second-order valence-electron chi connectivity index (χ2n) is 12.4. The number of carbonyl (C=O) groups excluding carboxylic acids is 3. The molecule has 3 atom stereocenters. The van der Waals surface area contributed by atoms with Gasteiger partial charge in [0.15, 0.2) is 0 Å². The number of piperazine rings is 1. The Morgan fingerprint density at radius 1 is 0.977 bits per heavy atom. The lowest BCUT2D eigenvalue weighted by Crippen LogP contribution is -2.58. The first-order valence-electron chi connectivity index (χ1n) is 15.2. The van der Waals surface area contributed by atoms with Gasteiger partial charge in [0.2, 0.25) is 17.7 Å². The highest BCUT2D eigenvalue weighted by Crippen LogP contribution is 2.47. The molecule has 0 aromatic heterocycles. The van der Waals surface area contributed by atoms with Gasteiger partial charge in [0.25, 0.3) is 0 Å². The van der Waals surface area contributed by atoms with Gasteiger partial charge in [-0.05, 0) is 90.6 Å². The zero-order valence-corrected chi connectivity index (χ0v) is 24.2. The van der Waals surface area contributed by atoms with E-state index in [2.05, 4.69) is 16.0 Å². The summed E-state index contributed by atoms with van der Waals surface area (Å²) in [4.78, 5) is 41.8. The summed E-state index contributed by atoms with van der Waals surface area (Å²) in [6.07, 6.45) is 3.42. The second-order valence-corrected chi connectivity index (χ2v) is 12.4. The van der Waals surface area contributed by atoms with Crippen molar-refractivity contribution in [3.05, 3.63) is 94.6 Å². The number of fused-ring (bicyclic) bond motifs is 3. The van der Waals surface area contributed by atoms with Gasteiger partial charge in [-0.15, -0.1) is 0 Å². The van der Waals surface area contributed by atoms with E-state index >= 15 is 0 Å². The lowest BCUT2D eigenvalue weighted by atomic mass is 9.79. The molecule has 1 aliphatic carbocycles. The number of carbonyl (C=O) groups is 3. The summed E-state index contributed by atoms with van der Waals surface area (Å²) in [6.45, 7) is 1.30. The van der Waals surface area contributed by atoms with Gasteiger partial charge in [-0.1, -0.05) is 24.3 Å². The van der Waals surface area contributed by atoms with Crippen LogP contribution in [-0.4, -0.2) is 55.0 Å². The van der Waals surface area contributed by atoms with Crippen molar-refractivity contribution in [1.82, 2.24) is 10.2 Å². The molecule has 228 valence electrons. The van der Waals surface area contributed by atoms with Crippen molar-refractivity contribution >= 4 is 29.1 Å². The molecule has 2 saturated heterocycles. The fraction of sp³-hybridized carbons (Fsp3) is 0.382. The molecule has 3 aromatic carbocycles. The van der Waals surface area contributed by atoms with E-state index < -0.39 is 35.0 Å². The van der Waals surface area contributed by atoms with E-state index in [1.165, 1.54) is 17.0 Å². The second kappa shape index (κ2) is 11.4. The maximum Gasteiger partial charge on any atom is 0.244 e. The Morgan fingerprint density at radius 2 is 1.73 bits per heavy atom. The molecule has 3 unspecified atom stereocenters. The van der Waals surface area contributed by atoms with Crippen molar-refractivity contribution in [2.75, 3.05) is 36.9 Å². The van der Waals surface area contributed by atoms with Crippen molar-refractivity contribution in [1.29, 1.82) is 0 Å². The van der Waals surface area contributed by atoms with Gasteiger partial charge in [-0.25, -0.2) is 8.78 Å². The summed E-state index contributed by atoms with van der Waals surface area (Å²) in [6, 6.07) is 15.4. The molecule has 44 heavy (non-hydrogen) atoms. The molecule has 4 aliphatic rings. The maximum absolute atomic E-state index is 14.2. The van der Waals surface area contributed by atoms with Gasteiger partial charge in [-0.2, -0.15) is 0 Å². The van der Waals surface area contributed by atoms with Gasteiger partial charge in [0.1, 0.15) is 18.2 Å². The normalized spacial score (nSPS) is 24.7. The zero-order valence-electron chi connectivity index (χ0n) is 24.2. The summed E-state index contributed by atoms with van der Waals surface area (Å²) in [5, 5.41) is 9.21. The first-order valence-corrected chi connectivity index (χ1v) is 15.2. The molecule has 0 radical (unpaired) electrons. The van der Waals surface area contributed by atoms with E-state index in [1.54, 1.807) is 0 Å². The van der Waals surface area contributed by atoms with Crippen LogP contribution in [0.3, 0.4) is 0 Å². The average molecular weight is 601 g/mol. The SMILES string of the molecule is O=C(CN1C(=O)C(CC2CCOCC2)NCC1c1cc(F)cc(F)c1)Nc1ccc2c(c1)CC1(C2)C(=O)Nc2ccccc21. The minimum absolute atomic E-state index is 0.0205. The molecule has 3 N–H and O–H groups in total. The van der Waals surface area contributed by atoms with Crippen molar-refractivity contribution < 1.29 is 27.9 Å². The number of benzene rings is 3. The number of para-hydroxylation sites is 1. The predicted octanol–water partition coefficient (Wildman–Crippen LogP) is 4.25. The maximum atomic E-state index is 14.2. The zero-order chi connectivity index (χ0) is 30.4. The van der Waals surface area contributed by atoms with Crippen LogP contribution in [0.15, 0.2) is 60.7 Å². The summed E-state index contributed by atoms with van der Waals surface area (Å²) < 4.78 is 33.8. The molecule has 0 bridgehead atoms. The Hall–Kier alpha value is -4.15. The van der Waals surface area contributed by atoms with Crippen LogP contribution < -0.4 is 16.0 Å². The van der Waals surface area contributed by atoms with E-state index in [0.717, 1.165) is 41.3 Å². The molecule has 10 heteroatoms. The Kier molecular flexibility index (Phi) is 7.42. The van der Waals surface area contributed by atoms with Gasteiger partial charge >= 0.3 is 0 Å². The van der Waals surface area contributed by atoms with Crippen LogP contribution in [0.2, 0.25) is 0 Å². The molecule has 3 heterocycles. The number of nitrogens with zero attached hydrogens (tertiary/aromatic N) is 1. The first kappa shape index (κ1) is 28.6. The first-order chi connectivity index (χ1) is 21.3. The number of ether oxygens (including phenoxy) is 1. The molecule has 1 spiro atoms. The fourth-order valence-corrected chi connectivity index (χ4v) is 7.39. The van der Waals surface area contributed by atoms with Gasteiger partial charge in [-0.3, -0.25) is 14.4 Å². The summed E-state index contributed by atoms with van der Waals surface area (Å²) in [5.41, 5.74) is 4.04. The molecule has 3 aliphatic heterocycles. The van der Waals surface area contributed by atoms with E-state index in [-0.39, 0.29) is 24.9 Å². The van der Waals surface area contributed by atoms with Crippen LogP contribution in [-0.2, 0) is 37.4 Å². The predicted molar refractivity (Wildman–Crippen MR) is 160 cm³/mol. The van der Waals surface area contributed by atoms with E-state index in [9.17, 15) is 23.2 Å². The highest BCUT2D eigenvalue weighted by atomic mass is 19.1. The molecule has 3 amide bonds. The summed E-state index contributed by atoms with van der Waals surface area (Å²) in [5.74, 6) is -1.87. The van der Waals surface area contributed by atoms with Crippen LogP contribution >= 0.6 is 0 Å². The summed E-state index contributed by atoms with van der Waals surface area (Å²) >= 11 is 0. The summed E-state index contributed by atoms with van der Waals surface area (Å²) in [7, 11) is 0. The number of halogens is 2. The van der Waals surface area contributed by atoms with Crippen molar-refractivity contribution in [2.45, 2.75) is 49.6 Å². The van der Waals surface area contributed by atoms with Crippen molar-refractivity contribution in [3.8, 4) is 0 Å². The lowest BCUT2D eigenvalue weighted by molar-refractivity contribution is -0.142. The van der Waals surface area contributed by atoms with Gasteiger partial charge < -0.3 is 25.6 Å². The fourth-order valence-electron chi connectivity index (χ4n) is 7.39. The number of anilines is 2. The molecule has 7 rings (SSSR count). The Morgan fingerprint density at radius 3 is 2.52 bits per heavy atom. The number of rotatable bonds is 6. The van der Waals surface area contributed by atoms with E-state index in [4.69, 9.17) is 4.74 Å². The largest absolute Gasteiger partial charge is 0.381 e.